The van der Waals surface area contributed by atoms with Gasteiger partial charge in [-0.15, -0.1) is 0 Å². The van der Waals surface area contributed by atoms with Crippen LogP contribution in [0.5, 0.6) is 0 Å². The van der Waals surface area contributed by atoms with Crippen molar-refractivity contribution in [3.63, 3.8) is 0 Å². The van der Waals surface area contributed by atoms with E-state index < -0.39 is 0 Å². The lowest BCUT2D eigenvalue weighted by atomic mass is 10.1. The minimum absolute atomic E-state index is 0.0676. The number of carbonyl (C=O) groups excluding carboxylic acids is 2. The zero-order valence-corrected chi connectivity index (χ0v) is 21.6. The zero-order valence-electron chi connectivity index (χ0n) is 20.8. The molecule has 188 valence electrons. The van der Waals surface area contributed by atoms with Gasteiger partial charge in [0, 0.05) is 54.4 Å². The van der Waals surface area contributed by atoms with Gasteiger partial charge in [0.25, 0.3) is 11.8 Å². The van der Waals surface area contributed by atoms with Crippen LogP contribution in [0.1, 0.15) is 34.6 Å². The first-order chi connectivity index (χ1) is 17.9. The van der Waals surface area contributed by atoms with Gasteiger partial charge in [0.05, 0.1) is 21.8 Å². The van der Waals surface area contributed by atoms with Crippen molar-refractivity contribution in [3.8, 4) is 11.3 Å². The first kappa shape index (κ1) is 24.9. The molecular weight excluding hydrogens is 486 g/mol. The van der Waals surface area contributed by atoms with Gasteiger partial charge in [0.1, 0.15) is 6.33 Å². The SMILES string of the molecule is CC(C)N1CCN(C(=O)c2ccc(C(=O)Nc3cccc(-c4ncnc5ccccc45)c3)c(Cl)c2)CC1. The van der Waals surface area contributed by atoms with Crippen LogP contribution < -0.4 is 5.32 Å². The summed E-state index contributed by atoms with van der Waals surface area (Å²) in [7, 11) is 0. The van der Waals surface area contributed by atoms with Gasteiger partial charge in [-0.05, 0) is 50.2 Å². The number of hydrogen-bond acceptors (Lipinski definition) is 5. The number of piperazine rings is 1. The Morgan fingerprint density at radius 3 is 2.46 bits per heavy atom. The van der Waals surface area contributed by atoms with E-state index in [0.29, 0.717) is 35.9 Å². The Hall–Kier alpha value is -3.81. The highest BCUT2D eigenvalue weighted by Gasteiger charge is 2.24. The predicted octanol–water partition coefficient (Wildman–Crippen LogP) is 5.37. The van der Waals surface area contributed by atoms with Gasteiger partial charge in [-0.3, -0.25) is 14.5 Å². The maximum absolute atomic E-state index is 13.1. The number of fused-ring (bicyclic) bond motifs is 1. The lowest BCUT2D eigenvalue weighted by Crippen LogP contribution is -2.50. The monoisotopic (exact) mass is 513 g/mol. The van der Waals surface area contributed by atoms with Crippen LogP contribution in [0, 0.1) is 0 Å². The number of aromatic nitrogens is 2. The molecule has 0 spiro atoms. The number of nitrogens with zero attached hydrogens (tertiary/aromatic N) is 4. The smallest absolute Gasteiger partial charge is 0.257 e. The average Bonchev–Trinajstić information content (AvgIpc) is 2.92. The van der Waals surface area contributed by atoms with E-state index in [1.807, 2.05) is 53.4 Å². The van der Waals surface area contributed by atoms with E-state index >= 15 is 0 Å². The van der Waals surface area contributed by atoms with Crippen LogP contribution in [0.4, 0.5) is 5.69 Å². The Morgan fingerprint density at radius 1 is 0.919 bits per heavy atom. The highest BCUT2D eigenvalue weighted by Crippen LogP contribution is 2.28. The highest BCUT2D eigenvalue weighted by molar-refractivity contribution is 6.34. The summed E-state index contributed by atoms with van der Waals surface area (Å²) in [6.45, 7) is 7.37. The number of benzene rings is 3. The van der Waals surface area contributed by atoms with Crippen LogP contribution >= 0.6 is 11.6 Å². The Kier molecular flexibility index (Phi) is 7.17. The molecule has 0 atom stereocenters. The van der Waals surface area contributed by atoms with Crippen LogP contribution in [0.2, 0.25) is 5.02 Å². The molecule has 4 aromatic rings. The van der Waals surface area contributed by atoms with E-state index in [9.17, 15) is 9.59 Å². The molecule has 7 nitrogen and oxygen atoms in total. The summed E-state index contributed by atoms with van der Waals surface area (Å²) in [5, 5.41) is 4.09. The molecule has 1 aliphatic rings. The van der Waals surface area contributed by atoms with Gasteiger partial charge >= 0.3 is 0 Å². The standard InChI is InChI=1S/C29H28ClN5O2/c1-19(2)34-12-14-35(15-13-34)29(37)21-10-11-23(25(30)17-21)28(36)33-22-7-5-6-20(16-22)27-24-8-3-4-9-26(24)31-18-32-27/h3-11,16-19H,12-15H2,1-2H3,(H,33,36). The van der Waals surface area contributed by atoms with E-state index in [1.54, 1.807) is 18.2 Å². The van der Waals surface area contributed by atoms with Crippen LogP contribution in [0.25, 0.3) is 22.2 Å². The van der Waals surface area contributed by atoms with Crippen molar-refractivity contribution in [2.45, 2.75) is 19.9 Å². The number of amides is 2. The summed E-state index contributed by atoms with van der Waals surface area (Å²) in [6.07, 6.45) is 1.54. The fourth-order valence-electron chi connectivity index (χ4n) is 4.63. The van der Waals surface area contributed by atoms with Crippen molar-refractivity contribution < 1.29 is 9.59 Å². The van der Waals surface area contributed by atoms with Crippen molar-refractivity contribution in [3.05, 3.63) is 89.2 Å². The van der Waals surface area contributed by atoms with E-state index in [0.717, 1.165) is 35.2 Å². The molecule has 0 radical (unpaired) electrons. The fourth-order valence-corrected chi connectivity index (χ4v) is 4.90. The molecule has 1 saturated heterocycles. The quantitative estimate of drug-likeness (QED) is 0.388. The molecule has 5 rings (SSSR count). The predicted molar refractivity (Wildman–Crippen MR) is 147 cm³/mol. The van der Waals surface area contributed by atoms with E-state index in [4.69, 9.17) is 11.6 Å². The second kappa shape index (κ2) is 10.7. The Labute approximate surface area is 221 Å². The molecule has 1 N–H and O–H groups in total. The zero-order chi connectivity index (χ0) is 25.9. The first-order valence-electron chi connectivity index (χ1n) is 12.3. The number of rotatable bonds is 5. The fraction of sp³-hybridized carbons (Fsp3) is 0.241. The largest absolute Gasteiger partial charge is 0.336 e. The van der Waals surface area contributed by atoms with Crippen LogP contribution in [-0.2, 0) is 0 Å². The van der Waals surface area contributed by atoms with E-state index in [-0.39, 0.29) is 16.8 Å². The van der Waals surface area contributed by atoms with Crippen molar-refractivity contribution in [2.24, 2.45) is 0 Å². The summed E-state index contributed by atoms with van der Waals surface area (Å²) < 4.78 is 0. The van der Waals surface area contributed by atoms with E-state index in [1.165, 1.54) is 6.33 Å². The van der Waals surface area contributed by atoms with Crippen LogP contribution in [-0.4, -0.2) is 63.8 Å². The molecule has 0 unspecified atom stereocenters. The molecule has 1 fully saturated rings. The number of anilines is 1. The maximum atomic E-state index is 13.1. The second-order valence-corrected chi connectivity index (χ2v) is 9.80. The third-order valence-electron chi connectivity index (χ3n) is 6.73. The third kappa shape index (κ3) is 5.33. The minimum atomic E-state index is -0.348. The van der Waals surface area contributed by atoms with Crippen LogP contribution in [0.3, 0.4) is 0 Å². The van der Waals surface area contributed by atoms with Crippen molar-refractivity contribution >= 4 is 40.0 Å². The van der Waals surface area contributed by atoms with Crippen LogP contribution in [0.15, 0.2) is 73.1 Å². The Balaban J connectivity index is 1.31. The maximum Gasteiger partial charge on any atom is 0.257 e. The van der Waals surface area contributed by atoms with Gasteiger partial charge in [-0.25, -0.2) is 9.97 Å². The number of hydrogen-bond donors (Lipinski definition) is 1. The first-order valence-corrected chi connectivity index (χ1v) is 12.7. The van der Waals surface area contributed by atoms with E-state index in [2.05, 4.69) is 34.0 Å². The number of nitrogens with one attached hydrogen (secondary N) is 1. The minimum Gasteiger partial charge on any atom is -0.336 e. The summed E-state index contributed by atoms with van der Waals surface area (Å²) in [5.41, 5.74) is 3.91. The average molecular weight is 514 g/mol. The number of halogens is 1. The normalized spacial score (nSPS) is 14.2. The van der Waals surface area contributed by atoms with Gasteiger partial charge in [-0.1, -0.05) is 41.9 Å². The second-order valence-electron chi connectivity index (χ2n) is 9.39. The molecule has 0 saturated carbocycles. The topological polar surface area (TPSA) is 78.4 Å². The molecule has 0 bridgehead atoms. The molecule has 0 aliphatic carbocycles. The molecule has 1 aliphatic heterocycles. The molecule has 2 heterocycles. The molecule has 3 aromatic carbocycles. The van der Waals surface area contributed by atoms with Crippen molar-refractivity contribution in [1.29, 1.82) is 0 Å². The Bertz CT molecular complexity index is 1460. The van der Waals surface area contributed by atoms with Gasteiger partial charge in [-0.2, -0.15) is 0 Å². The molecule has 37 heavy (non-hydrogen) atoms. The summed E-state index contributed by atoms with van der Waals surface area (Å²) in [6, 6.07) is 20.6. The number of carbonyl (C=O) groups is 2. The summed E-state index contributed by atoms with van der Waals surface area (Å²) in [4.78, 5) is 39.0. The van der Waals surface area contributed by atoms with Gasteiger partial charge in [0.2, 0.25) is 0 Å². The molecule has 2 amide bonds. The molecule has 1 aromatic heterocycles. The number of para-hydroxylation sites is 1. The molecular formula is C29H28ClN5O2. The van der Waals surface area contributed by atoms with Crippen molar-refractivity contribution in [2.75, 3.05) is 31.5 Å². The van der Waals surface area contributed by atoms with Crippen molar-refractivity contribution in [1.82, 2.24) is 19.8 Å². The third-order valence-corrected chi connectivity index (χ3v) is 7.04. The lowest BCUT2D eigenvalue weighted by Gasteiger charge is -2.37. The van der Waals surface area contributed by atoms with Gasteiger partial charge < -0.3 is 10.2 Å². The van der Waals surface area contributed by atoms with Gasteiger partial charge in [0.15, 0.2) is 0 Å². The Morgan fingerprint density at radius 2 is 1.70 bits per heavy atom. The summed E-state index contributed by atoms with van der Waals surface area (Å²) >= 11 is 6.47. The summed E-state index contributed by atoms with van der Waals surface area (Å²) in [5.74, 6) is -0.415. The lowest BCUT2D eigenvalue weighted by molar-refractivity contribution is 0.0595. The molecule has 8 heteroatoms. The highest BCUT2D eigenvalue weighted by atomic mass is 35.5.